The van der Waals surface area contributed by atoms with Crippen LogP contribution in [-0.4, -0.2) is 52.5 Å². The van der Waals surface area contributed by atoms with Gasteiger partial charge in [-0.25, -0.2) is 4.98 Å². The minimum absolute atomic E-state index is 0.114. The first-order chi connectivity index (χ1) is 18.9. The summed E-state index contributed by atoms with van der Waals surface area (Å²) in [6.45, 7) is 0.300. The van der Waals surface area contributed by atoms with Crippen LogP contribution in [0.2, 0.25) is 0 Å². The predicted octanol–water partition coefficient (Wildman–Crippen LogP) is 3.75. The number of rotatable bonds is 9. The molecule has 1 aliphatic rings. The number of fused-ring (bicyclic) bond motifs is 1. The maximum absolute atomic E-state index is 13.6. The molecule has 5 rings (SSSR count). The molecular weight excluding hydrogens is 512 g/mol. The zero-order valence-corrected chi connectivity index (χ0v) is 22.3. The molecule has 39 heavy (non-hydrogen) atoms. The van der Waals surface area contributed by atoms with Crippen LogP contribution >= 0.6 is 11.3 Å². The number of thiazole rings is 1. The number of likely N-dealkylation sites (N-methyl/N-ethyl adjacent to an activating group) is 1. The van der Waals surface area contributed by atoms with E-state index in [1.807, 2.05) is 84.9 Å². The number of anilines is 1. The summed E-state index contributed by atoms with van der Waals surface area (Å²) in [5.74, 6) is -2.06. The van der Waals surface area contributed by atoms with Gasteiger partial charge in [0.25, 0.3) is 5.91 Å². The third-order valence-electron chi connectivity index (χ3n) is 6.83. The number of nitrogens with one attached hydrogen (secondary N) is 1. The maximum atomic E-state index is 13.6. The first-order valence-corrected chi connectivity index (χ1v) is 13.6. The summed E-state index contributed by atoms with van der Waals surface area (Å²) in [4.78, 5) is 60.3. The second-order valence-corrected chi connectivity index (χ2v) is 10.5. The Bertz CT molecular complexity index is 1470. The number of hydrogen-bond donors (Lipinski definition) is 1. The predicted molar refractivity (Wildman–Crippen MR) is 150 cm³/mol. The molecule has 1 saturated heterocycles. The molecule has 0 radical (unpaired) electrons. The number of carbonyl (C=O) groups excluding carboxylic acids is 4. The van der Waals surface area contributed by atoms with Gasteiger partial charge in [0.05, 0.1) is 10.2 Å². The van der Waals surface area contributed by atoms with Gasteiger partial charge in [0.15, 0.2) is 5.13 Å². The molecule has 2 heterocycles. The summed E-state index contributed by atoms with van der Waals surface area (Å²) in [6, 6.07) is 24.4. The van der Waals surface area contributed by atoms with E-state index in [-0.39, 0.29) is 18.7 Å². The van der Waals surface area contributed by atoms with Gasteiger partial charge in [-0.3, -0.25) is 24.1 Å². The minimum Gasteiger partial charge on any atom is -0.344 e. The summed E-state index contributed by atoms with van der Waals surface area (Å²) in [5.41, 5.74) is 2.45. The van der Waals surface area contributed by atoms with Gasteiger partial charge < -0.3 is 10.2 Å². The summed E-state index contributed by atoms with van der Waals surface area (Å²) in [6.07, 6.45) is 0.745. The molecule has 2 atom stereocenters. The lowest BCUT2D eigenvalue weighted by Gasteiger charge is -2.27. The van der Waals surface area contributed by atoms with Crippen LogP contribution in [0.4, 0.5) is 5.13 Å². The van der Waals surface area contributed by atoms with Crippen LogP contribution in [0.15, 0.2) is 84.9 Å². The van der Waals surface area contributed by atoms with Crippen molar-refractivity contribution in [3.05, 3.63) is 96.1 Å². The topological polar surface area (TPSA) is 99.7 Å². The van der Waals surface area contributed by atoms with Gasteiger partial charge in [-0.15, -0.1) is 0 Å². The van der Waals surface area contributed by atoms with E-state index in [0.29, 0.717) is 18.1 Å². The SMILES string of the molecule is CN(C(=O)C(=O)C(Cc1ccccc1)NC(=O)C1CCC(=O)N1Cc1ccccc1)c1nc2ccccc2s1. The fourth-order valence-electron chi connectivity index (χ4n) is 4.72. The molecule has 9 heteroatoms. The van der Waals surface area contributed by atoms with E-state index in [9.17, 15) is 19.2 Å². The number of likely N-dealkylation sites (tertiary alicyclic amines) is 1. The lowest BCUT2D eigenvalue weighted by atomic mass is 10.0. The number of Topliss-reactive ketones (excluding diaryl/α,β-unsaturated/α-hetero) is 1. The van der Waals surface area contributed by atoms with E-state index in [4.69, 9.17) is 0 Å². The Labute approximate surface area is 230 Å². The summed E-state index contributed by atoms with van der Waals surface area (Å²) in [7, 11) is 1.51. The van der Waals surface area contributed by atoms with Crippen molar-refractivity contribution in [3.8, 4) is 0 Å². The highest BCUT2D eigenvalue weighted by Gasteiger charge is 2.39. The molecule has 1 fully saturated rings. The molecular formula is C30H28N4O4S. The molecule has 0 saturated carbocycles. The van der Waals surface area contributed by atoms with Crippen LogP contribution < -0.4 is 10.2 Å². The molecule has 3 aromatic carbocycles. The number of hydrogen-bond acceptors (Lipinski definition) is 6. The molecule has 4 aromatic rings. The fraction of sp³-hybridized carbons (Fsp3) is 0.233. The van der Waals surface area contributed by atoms with Gasteiger partial charge in [0, 0.05) is 26.4 Å². The minimum atomic E-state index is -1.10. The van der Waals surface area contributed by atoms with Crippen LogP contribution in [0.5, 0.6) is 0 Å². The second-order valence-electron chi connectivity index (χ2n) is 9.51. The van der Waals surface area contributed by atoms with E-state index in [0.717, 1.165) is 21.3 Å². The Hall–Kier alpha value is -4.37. The number of amides is 3. The van der Waals surface area contributed by atoms with E-state index in [2.05, 4.69) is 10.3 Å². The Morgan fingerprint density at radius 2 is 1.62 bits per heavy atom. The number of aromatic nitrogens is 1. The quantitative estimate of drug-likeness (QED) is 0.326. The Balaban J connectivity index is 1.36. The third kappa shape index (κ3) is 5.88. The van der Waals surface area contributed by atoms with Crippen molar-refractivity contribution in [3.63, 3.8) is 0 Å². The van der Waals surface area contributed by atoms with Crippen molar-refractivity contribution in [2.24, 2.45) is 0 Å². The van der Waals surface area contributed by atoms with Crippen molar-refractivity contribution < 1.29 is 19.2 Å². The lowest BCUT2D eigenvalue weighted by Crippen LogP contribution is -2.53. The van der Waals surface area contributed by atoms with E-state index in [1.165, 1.54) is 23.3 Å². The molecule has 1 aromatic heterocycles. The van der Waals surface area contributed by atoms with Crippen LogP contribution in [0, 0.1) is 0 Å². The molecule has 0 spiro atoms. The number of benzene rings is 3. The van der Waals surface area contributed by atoms with E-state index >= 15 is 0 Å². The Morgan fingerprint density at radius 3 is 2.31 bits per heavy atom. The number of para-hydroxylation sites is 1. The Morgan fingerprint density at radius 1 is 0.974 bits per heavy atom. The normalized spacial score (nSPS) is 15.8. The third-order valence-corrected chi connectivity index (χ3v) is 7.94. The number of nitrogens with zero attached hydrogens (tertiary/aromatic N) is 3. The zero-order valence-electron chi connectivity index (χ0n) is 21.4. The summed E-state index contributed by atoms with van der Waals surface area (Å²) < 4.78 is 0.901. The summed E-state index contributed by atoms with van der Waals surface area (Å²) in [5, 5.41) is 3.21. The zero-order chi connectivity index (χ0) is 27.4. The first kappa shape index (κ1) is 26.2. The van der Waals surface area contributed by atoms with E-state index in [1.54, 1.807) is 4.90 Å². The van der Waals surface area contributed by atoms with Crippen LogP contribution in [0.1, 0.15) is 24.0 Å². The standard InChI is InChI=1S/C30H28N4O4S/c1-33(30-32-22-14-8-9-15-25(22)39-30)29(38)27(36)23(18-20-10-4-2-5-11-20)31-28(37)24-16-17-26(35)34(24)19-21-12-6-3-7-13-21/h2-15,23-24H,16-19H2,1H3,(H,31,37). The monoisotopic (exact) mass is 540 g/mol. The summed E-state index contributed by atoms with van der Waals surface area (Å²) >= 11 is 1.31. The average molecular weight is 541 g/mol. The smallest absolute Gasteiger partial charge is 0.298 e. The van der Waals surface area contributed by atoms with Gasteiger partial charge in [-0.05, 0) is 29.7 Å². The fourth-order valence-corrected chi connectivity index (χ4v) is 5.64. The Kier molecular flexibility index (Phi) is 7.79. The molecule has 0 bridgehead atoms. The molecule has 0 aliphatic carbocycles. The van der Waals surface area contributed by atoms with Crippen LogP contribution in [0.25, 0.3) is 10.2 Å². The highest BCUT2D eigenvalue weighted by molar-refractivity contribution is 7.22. The number of ketones is 1. The van der Waals surface area contributed by atoms with Crippen molar-refractivity contribution in [2.75, 3.05) is 11.9 Å². The van der Waals surface area contributed by atoms with Crippen molar-refractivity contribution >= 4 is 50.2 Å². The maximum Gasteiger partial charge on any atom is 0.298 e. The van der Waals surface area contributed by atoms with Gasteiger partial charge >= 0.3 is 0 Å². The lowest BCUT2D eigenvalue weighted by molar-refractivity contribution is -0.140. The van der Waals surface area contributed by atoms with Crippen molar-refractivity contribution in [1.29, 1.82) is 0 Å². The van der Waals surface area contributed by atoms with Gasteiger partial charge in [0.2, 0.25) is 17.6 Å². The van der Waals surface area contributed by atoms with Gasteiger partial charge in [0.1, 0.15) is 12.1 Å². The van der Waals surface area contributed by atoms with Crippen LogP contribution in [0.3, 0.4) is 0 Å². The molecule has 8 nitrogen and oxygen atoms in total. The highest BCUT2D eigenvalue weighted by atomic mass is 32.1. The highest BCUT2D eigenvalue weighted by Crippen LogP contribution is 2.28. The molecule has 198 valence electrons. The van der Waals surface area contributed by atoms with E-state index < -0.39 is 29.7 Å². The molecule has 2 unspecified atom stereocenters. The molecule has 1 N–H and O–H groups in total. The van der Waals surface area contributed by atoms with Crippen molar-refractivity contribution in [2.45, 2.75) is 37.9 Å². The second kappa shape index (κ2) is 11.6. The van der Waals surface area contributed by atoms with Crippen molar-refractivity contribution in [1.82, 2.24) is 15.2 Å². The molecule has 1 aliphatic heterocycles. The van der Waals surface area contributed by atoms with Gasteiger partial charge in [-0.1, -0.05) is 84.1 Å². The first-order valence-electron chi connectivity index (χ1n) is 12.8. The van der Waals surface area contributed by atoms with Crippen LogP contribution in [-0.2, 0) is 32.1 Å². The molecule has 3 amide bonds. The largest absolute Gasteiger partial charge is 0.344 e. The average Bonchev–Trinajstić information content (AvgIpc) is 3.56. The number of carbonyl (C=O) groups is 4. The van der Waals surface area contributed by atoms with Gasteiger partial charge in [-0.2, -0.15) is 0 Å².